The zero-order valence-corrected chi connectivity index (χ0v) is 12.6. The maximum Gasteiger partial charge on any atom is 0.334 e. The number of carbonyl (C=O) groups is 4. The Morgan fingerprint density at radius 1 is 1.18 bits per heavy atom. The molecule has 1 saturated heterocycles. The molecule has 1 aromatic carbocycles. The van der Waals surface area contributed by atoms with Crippen molar-refractivity contribution in [1.82, 2.24) is 9.80 Å². The molecule has 1 fully saturated rings. The van der Waals surface area contributed by atoms with Gasteiger partial charge in [-0.15, -0.1) is 0 Å². The van der Waals surface area contributed by atoms with Crippen LogP contribution in [0.3, 0.4) is 0 Å². The molecule has 4 amide bonds. The number of benzene rings is 1. The van der Waals surface area contributed by atoms with Crippen LogP contribution in [0.1, 0.15) is 29.8 Å². The summed E-state index contributed by atoms with van der Waals surface area (Å²) < 4.78 is 5.45. The van der Waals surface area contributed by atoms with E-state index in [1.54, 1.807) is 25.1 Å². The Balaban J connectivity index is 2.37. The zero-order chi connectivity index (χ0) is 16.4. The molecule has 0 N–H and O–H groups in total. The first-order valence-corrected chi connectivity index (χ1v) is 6.77. The third-order valence-electron chi connectivity index (χ3n) is 3.35. The molecule has 1 heterocycles. The molecule has 116 valence electrons. The van der Waals surface area contributed by atoms with Gasteiger partial charge in [-0.05, 0) is 32.0 Å². The fourth-order valence-electron chi connectivity index (χ4n) is 2.14. The summed E-state index contributed by atoms with van der Waals surface area (Å²) in [6.07, 6.45) is 0. The van der Waals surface area contributed by atoms with Gasteiger partial charge in [-0.3, -0.25) is 24.2 Å². The van der Waals surface area contributed by atoms with E-state index in [0.717, 1.165) is 9.80 Å². The van der Waals surface area contributed by atoms with Crippen LogP contribution < -0.4 is 4.74 Å². The van der Waals surface area contributed by atoms with Crippen LogP contribution in [0.25, 0.3) is 0 Å². The van der Waals surface area contributed by atoms with E-state index in [-0.39, 0.29) is 12.3 Å². The number of nitrogens with zero attached hydrogens (tertiary/aromatic N) is 2. The van der Waals surface area contributed by atoms with Crippen LogP contribution >= 0.6 is 0 Å². The first-order valence-electron chi connectivity index (χ1n) is 6.77. The molecule has 22 heavy (non-hydrogen) atoms. The molecule has 0 atom stereocenters. The number of hydrogen-bond donors (Lipinski definition) is 0. The van der Waals surface area contributed by atoms with Crippen molar-refractivity contribution >= 4 is 23.6 Å². The molecule has 0 saturated carbocycles. The van der Waals surface area contributed by atoms with Crippen molar-refractivity contribution in [3.63, 3.8) is 0 Å². The number of likely N-dealkylation sites (N-methyl/N-ethyl adjacent to an activating group) is 1. The standard InChI is InChI=1S/C15H16N2O5/c1-4-22-12-6-5-10(9(2)18)7-11(12)8-17-14(20)13(19)16(3)15(17)21/h5-7H,4,8H2,1-3H3. The molecule has 1 aliphatic heterocycles. The molecule has 0 bridgehead atoms. The summed E-state index contributed by atoms with van der Waals surface area (Å²) in [4.78, 5) is 48.4. The zero-order valence-electron chi connectivity index (χ0n) is 12.6. The number of imide groups is 2. The smallest absolute Gasteiger partial charge is 0.334 e. The molecule has 1 aromatic rings. The van der Waals surface area contributed by atoms with Crippen LogP contribution in [0.5, 0.6) is 5.75 Å². The van der Waals surface area contributed by atoms with E-state index in [0.29, 0.717) is 23.5 Å². The van der Waals surface area contributed by atoms with E-state index in [4.69, 9.17) is 4.74 Å². The average molecular weight is 304 g/mol. The minimum atomic E-state index is -0.886. The second-order valence-corrected chi connectivity index (χ2v) is 4.85. The van der Waals surface area contributed by atoms with E-state index in [1.807, 2.05) is 0 Å². The van der Waals surface area contributed by atoms with Crippen LogP contribution in [0, 0.1) is 0 Å². The summed E-state index contributed by atoms with van der Waals surface area (Å²) >= 11 is 0. The summed E-state index contributed by atoms with van der Waals surface area (Å²) in [6.45, 7) is 3.49. The van der Waals surface area contributed by atoms with Gasteiger partial charge >= 0.3 is 17.8 Å². The van der Waals surface area contributed by atoms with Crippen LogP contribution in [-0.2, 0) is 16.1 Å². The molecule has 0 aromatic heterocycles. The fourth-order valence-corrected chi connectivity index (χ4v) is 2.14. The van der Waals surface area contributed by atoms with Crippen molar-refractivity contribution in [3.8, 4) is 5.75 Å². The third-order valence-corrected chi connectivity index (χ3v) is 3.35. The number of rotatable bonds is 5. The third kappa shape index (κ3) is 2.69. The maximum absolute atomic E-state index is 11.9. The van der Waals surface area contributed by atoms with E-state index in [9.17, 15) is 19.2 Å². The topological polar surface area (TPSA) is 84.0 Å². The van der Waals surface area contributed by atoms with E-state index in [2.05, 4.69) is 0 Å². The molecule has 0 radical (unpaired) electrons. The molecule has 0 aliphatic carbocycles. The van der Waals surface area contributed by atoms with Gasteiger partial charge in [0, 0.05) is 18.2 Å². The highest BCUT2D eigenvalue weighted by atomic mass is 16.5. The molecular formula is C15H16N2O5. The molecule has 7 heteroatoms. The van der Waals surface area contributed by atoms with Gasteiger partial charge in [0.05, 0.1) is 13.2 Å². The van der Waals surface area contributed by atoms with Crippen molar-refractivity contribution in [2.45, 2.75) is 20.4 Å². The maximum atomic E-state index is 11.9. The van der Waals surface area contributed by atoms with Crippen molar-refractivity contribution in [2.24, 2.45) is 0 Å². The van der Waals surface area contributed by atoms with Crippen LogP contribution in [-0.4, -0.2) is 47.1 Å². The number of urea groups is 1. The lowest BCUT2D eigenvalue weighted by molar-refractivity contribution is -0.143. The number of ether oxygens (including phenoxy) is 1. The monoisotopic (exact) mass is 304 g/mol. The van der Waals surface area contributed by atoms with Crippen molar-refractivity contribution < 1.29 is 23.9 Å². The van der Waals surface area contributed by atoms with Gasteiger partial charge in [0.25, 0.3) is 0 Å². The Morgan fingerprint density at radius 2 is 1.86 bits per heavy atom. The minimum Gasteiger partial charge on any atom is -0.494 e. The van der Waals surface area contributed by atoms with Crippen LogP contribution in [0.4, 0.5) is 4.79 Å². The van der Waals surface area contributed by atoms with E-state index in [1.165, 1.54) is 14.0 Å². The predicted molar refractivity (Wildman–Crippen MR) is 76.3 cm³/mol. The van der Waals surface area contributed by atoms with Gasteiger partial charge in [-0.2, -0.15) is 0 Å². The summed E-state index contributed by atoms with van der Waals surface area (Å²) in [5, 5.41) is 0. The summed E-state index contributed by atoms with van der Waals surface area (Å²) in [6, 6.07) is 4.11. The second kappa shape index (κ2) is 5.97. The van der Waals surface area contributed by atoms with Crippen molar-refractivity contribution in [3.05, 3.63) is 29.3 Å². The Kier molecular flexibility index (Phi) is 4.25. The normalized spacial score (nSPS) is 14.8. The number of hydrogen-bond acceptors (Lipinski definition) is 5. The highest BCUT2D eigenvalue weighted by Gasteiger charge is 2.42. The number of ketones is 1. The quantitative estimate of drug-likeness (QED) is 0.464. The molecule has 7 nitrogen and oxygen atoms in total. The molecule has 1 aliphatic rings. The lowest BCUT2D eigenvalue weighted by atomic mass is 10.1. The Morgan fingerprint density at radius 3 is 2.36 bits per heavy atom. The van der Waals surface area contributed by atoms with Crippen molar-refractivity contribution in [2.75, 3.05) is 13.7 Å². The summed E-state index contributed by atoms with van der Waals surface area (Å²) in [5.74, 6) is -1.43. The highest BCUT2D eigenvalue weighted by molar-refractivity contribution is 6.44. The number of carbonyl (C=O) groups excluding carboxylic acids is 4. The minimum absolute atomic E-state index is 0.121. The van der Waals surface area contributed by atoms with E-state index >= 15 is 0 Å². The molecular weight excluding hydrogens is 288 g/mol. The Hall–Kier alpha value is -2.70. The Bertz CT molecular complexity index is 668. The van der Waals surface area contributed by atoms with Crippen LogP contribution in [0.2, 0.25) is 0 Å². The highest BCUT2D eigenvalue weighted by Crippen LogP contribution is 2.24. The molecule has 2 rings (SSSR count). The van der Waals surface area contributed by atoms with Crippen LogP contribution in [0.15, 0.2) is 18.2 Å². The largest absolute Gasteiger partial charge is 0.494 e. The lowest BCUT2D eigenvalue weighted by Crippen LogP contribution is -2.31. The first-order chi connectivity index (χ1) is 10.4. The van der Waals surface area contributed by atoms with Gasteiger partial charge in [0.15, 0.2) is 5.78 Å². The van der Waals surface area contributed by atoms with Gasteiger partial charge in [-0.25, -0.2) is 4.79 Å². The predicted octanol–water partition coefficient (Wildman–Crippen LogP) is 1.21. The average Bonchev–Trinajstić information content (AvgIpc) is 2.66. The second-order valence-electron chi connectivity index (χ2n) is 4.85. The molecule has 0 unspecified atom stereocenters. The van der Waals surface area contributed by atoms with Crippen molar-refractivity contribution in [1.29, 1.82) is 0 Å². The lowest BCUT2D eigenvalue weighted by Gasteiger charge is -2.16. The number of Topliss-reactive ketones (excluding diaryl/α,β-unsaturated/α-hetero) is 1. The van der Waals surface area contributed by atoms with Gasteiger partial charge in [0.2, 0.25) is 0 Å². The summed E-state index contributed by atoms with van der Waals surface area (Å²) in [5.41, 5.74) is 0.941. The van der Waals surface area contributed by atoms with Gasteiger partial charge in [-0.1, -0.05) is 0 Å². The Labute approximate surface area is 127 Å². The molecule has 0 spiro atoms. The van der Waals surface area contributed by atoms with E-state index < -0.39 is 17.8 Å². The fraction of sp³-hybridized carbons (Fsp3) is 0.333. The summed E-state index contributed by atoms with van der Waals surface area (Å²) in [7, 11) is 1.25. The van der Waals surface area contributed by atoms with Gasteiger partial charge in [0.1, 0.15) is 5.75 Å². The number of amides is 4. The van der Waals surface area contributed by atoms with Gasteiger partial charge < -0.3 is 4.74 Å². The first kappa shape index (κ1) is 15.7. The SMILES string of the molecule is CCOc1ccc(C(C)=O)cc1CN1C(=O)C(=O)N(C)C1=O.